The van der Waals surface area contributed by atoms with Gasteiger partial charge in [0.05, 0.1) is 0 Å². The number of aryl methyl sites for hydroxylation is 1. The molecule has 0 radical (unpaired) electrons. The minimum Gasteiger partial charge on any atom is -0.480 e. The second-order valence-corrected chi connectivity index (χ2v) is 5.94. The Balaban J connectivity index is 1.75. The molecule has 0 aliphatic carbocycles. The molecule has 2 aromatic rings. The van der Waals surface area contributed by atoms with Gasteiger partial charge in [-0.1, -0.05) is 42.5 Å². The van der Waals surface area contributed by atoms with Crippen LogP contribution in [0.4, 0.5) is 4.39 Å². The summed E-state index contributed by atoms with van der Waals surface area (Å²) in [6.45, 7) is 0.281. The number of carbonyl (C=O) groups excluding carboxylic acids is 1. The van der Waals surface area contributed by atoms with Crippen molar-refractivity contribution in [1.82, 2.24) is 4.90 Å². The van der Waals surface area contributed by atoms with E-state index in [2.05, 4.69) is 0 Å². The summed E-state index contributed by atoms with van der Waals surface area (Å²) in [4.78, 5) is 25.5. The van der Waals surface area contributed by atoms with E-state index in [1.807, 2.05) is 24.3 Å². The van der Waals surface area contributed by atoms with Crippen LogP contribution in [-0.4, -0.2) is 27.9 Å². The standard InChI is InChI=1S/C19H18FNO3/c20-16-8-4-3-5-13(16)9-10-18(22)21-12-15-7-2-1-6-14(15)11-17(21)19(23)24/h1-8,17H,9-12H2,(H,23,24)/t17-/m0/s1. The van der Waals surface area contributed by atoms with E-state index in [-0.39, 0.29) is 31.1 Å². The Morgan fingerprint density at radius 1 is 1.08 bits per heavy atom. The third-order valence-corrected chi connectivity index (χ3v) is 4.42. The molecule has 0 saturated carbocycles. The van der Waals surface area contributed by atoms with Crippen LogP contribution < -0.4 is 0 Å². The van der Waals surface area contributed by atoms with E-state index in [1.165, 1.54) is 11.0 Å². The van der Waals surface area contributed by atoms with Gasteiger partial charge in [-0.3, -0.25) is 4.79 Å². The van der Waals surface area contributed by atoms with Gasteiger partial charge in [-0.05, 0) is 29.2 Å². The average molecular weight is 327 g/mol. The van der Waals surface area contributed by atoms with Crippen molar-refractivity contribution in [2.45, 2.75) is 31.8 Å². The van der Waals surface area contributed by atoms with E-state index in [0.717, 1.165) is 11.1 Å². The molecule has 1 aliphatic heterocycles. The topological polar surface area (TPSA) is 57.6 Å². The SMILES string of the molecule is O=C(O)[C@@H]1Cc2ccccc2CN1C(=O)CCc1ccccc1F. The number of rotatable bonds is 4. The maximum atomic E-state index is 13.7. The van der Waals surface area contributed by atoms with Crippen molar-refractivity contribution in [3.63, 3.8) is 0 Å². The Labute approximate surface area is 139 Å². The second-order valence-electron chi connectivity index (χ2n) is 5.94. The van der Waals surface area contributed by atoms with Gasteiger partial charge in [0.15, 0.2) is 0 Å². The van der Waals surface area contributed by atoms with E-state index >= 15 is 0 Å². The molecule has 0 aromatic heterocycles. The number of aliphatic carboxylic acids is 1. The van der Waals surface area contributed by atoms with E-state index in [9.17, 15) is 19.1 Å². The molecule has 0 unspecified atom stereocenters. The molecule has 1 amide bonds. The Bertz CT molecular complexity index is 775. The number of nitrogens with zero attached hydrogens (tertiary/aromatic N) is 1. The lowest BCUT2D eigenvalue weighted by molar-refractivity contribution is -0.151. The van der Waals surface area contributed by atoms with E-state index in [4.69, 9.17) is 0 Å². The van der Waals surface area contributed by atoms with Gasteiger partial charge in [0, 0.05) is 19.4 Å². The summed E-state index contributed by atoms with van der Waals surface area (Å²) in [5, 5.41) is 9.46. The van der Waals surface area contributed by atoms with Crippen molar-refractivity contribution < 1.29 is 19.1 Å². The molecule has 1 heterocycles. The highest BCUT2D eigenvalue weighted by Gasteiger charge is 2.34. The Morgan fingerprint density at radius 3 is 2.46 bits per heavy atom. The molecule has 1 aliphatic rings. The molecule has 4 nitrogen and oxygen atoms in total. The molecule has 3 rings (SSSR count). The lowest BCUT2D eigenvalue weighted by Crippen LogP contribution is -2.48. The fraction of sp³-hybridized carbons (Fsp3) is 0.263. The monoisotopic (exact) mass is 327 g/mol. The van der Waals surface area contributed by atoms with Gasteiger partial charge in [-0.15, -0.1) is 0 Å². The first kappa shape index (κ1) is 16.2. The Morgan fingerprint density at radius 2 is 1.75 bits per heavy atom. The Hall–Kier alpha value is -2.69. The molecule has 2 aromatic carbocycles. The minimum atomic E-state index is -1.01. The van der Waals surface area contributed by atoms with E-state index in [1.54, 1.807) is 18.2 Å². The first-order valence-corrected chi connectivity index (χ1v) is 7.88. The lowest BCUT2D eigenvalue weighted by atomic mass is 9.93. The van der Waals surface area contributed by atoms with Gasteiger partial charge in [0.25, 0.3) is 0 Å². The largest absolute Gasteiger partial charge is 0.480 e. The van der Waals surface area contributed by atoms with Gasteiger partial charge in [0.1, 0.15) is 11.9 Å². The van der Waals surface area contributed by atoms with Crippen molar-refractivity contribution in [1.29, 1.82) is 0 Å². The van der Waals surface area contributed by atoms with Gasteiger partial charge >= 0.3 is 5.97 Å². The van der Waals surface area contributed by atoms with Crippen LogP contribution in [0.5, 0.6) is 0 Å². The fourth-order valence-corrected chi connectivity index (χ4v) is 3.09. The fourth-order valence-electron chi connectivity index (χ4n) is 3.09. The third kappa shape index (κ3) is 3.30. The summed E-state index contributed by atoms with van der Waals surface area (Å²) in [5.74, 6) is -1.62. The molecule has 24 heavy (non-hydrogen) atoms. The van der Waals surface area contributed by atoms with E-state index in [0.29, 0.717) is 12.0 Å². The Kier molecular flexibility index (Phi) is 4.60. The van der Waals surface area contributed by atoms with Crippen molar-refractivity contribution in [3.8, 4) is 0 Å². The minimum absolute atomic E-state index is 0.0902. The molecule has 0 spiro atoms. The number of carboxylic acids is 1. The highest BCUT2D eigenvalue weighted by atomic mass is 19.1. The third-order valence-electron chi connectivity index (χ3n) is 4.42. The zero-order valence-corrected chi connectivity index (χ0v) is 13.1. The number of carboxylic acid groups (broad SMARTS) is 1. The summed E-state index contributed by atoms with van der Waals surface area (Å²) in [6, 6.07) is 13.0. The van der Waals surface area contributed by atoms with Crippen molar-refractivity contribution in [2.75, 3.05) is 0 Å². The first-order chi connectivity index (χ1) is 11.6. The highest BCUT2D eigenvalue weighted by molar-refractivity contribution is 5.84. The van der Waals surface area contributed by atoms with Crippen LogP contribution in [0.15, 0.2) is 48.5 Å². The molecule has 0 bridgehead atoms. The summed E-state index contributed by atoms with van der Waals surface area (Å²) >= 11 is 0. The second kappa shape index (κ2) is 6.83. The van der Waals surface area contributed by atoms with Crippen LogP contribution in [0.1, 0.15) is 23.1 Å². The molecule has 1 atom stereocenters. The van der Waals surface area contributed by atoms with Crippen molar-refractivity contribution in [3.05, 3.63) is 71.0 Å². The lowest BCUT2D eigenvalue weighted by Gasteiger charge is -2.34. The number of hydrogen-bond donors (Lipinski definition) is 1. The van der Waals surface area contributed by atoms with Crippen LogP contribution in [-0.2, 0) is 29.0 Å². The molecule has 0 fully saturated rings. The maximum absolute atomic E-state index is 13.7. The molecular weight excluding hydrogens is 309 g/mol. The van der Waals surface area contributed by atoms with Crippen molar-refractivity contribution >= 4 is 11.9 Å². The quantitative estimate of drug-likeness (QED) is 0.939. The smallest absolute Gasteiger partial charge is 0.326 e. The highest BCUT2D eigenvalue weighted by Crippen LogP contribution is 2.24. The van der Waals surface area contributed by atoms with Crippen LogP contribution in [0.25, 0.3) is 0 Å². The van der Waals surface area contributed by atoms with Crippen LogP contribution in [0.2, 0.25) is 0 Å². The van der Waals surface area contributed by atoms with Gasteiger partial charge in [-0.2, -0.15) is 0 Å². The number of halogens is 1. The van der Waals surface area contributed by atoms with E-state index < -0.39 is 12.0 Å². The average Bonchev–Trinajstić information content (AvgIpc) is 2.59. The van der Waals surface area contributed by atoms with Gasteiger partial charge in [-0.25, -0.2) is 9.18 Å². The first-order valence-electron chi connectivity index (χ1n) is 7.88. The summed E-state index contributed by atoms with van der Waals surface area (Å²) in [7, 11) is 0. The predicted octanol–water partition coefficient (Wildman–Crippen LogP) is 2.80. The number of benzene rings is 2. The number of hydrogen-bond acceptors (Lipinski definition) is 2. The molecule has 0 saturated heterocycles. The summed E-state index contributed by atoms with van der Waals surface area (Å²) in [5.41, 5.74) is 2.40. The van der Waals surface area contributed by atoms with Crippen LogP contribution in [0, 0.1) is 5.82 Å². The van der Waals surface area contributed by atoms with Gasteiger partial charge < -0.3 is 10.0 Å². The normalized spacial score (nSPS) is 16.5. The number of carbonyl (C=O) groups is 2. The number of fused-ring (bicyclic) bond motifs is 1. The molecule has 124 valence electrons. The zero-order chi connectivity index (χ0) is 17.1. The van der Waals surface area contributed by atoms with Gasteiger partial charge in [0.2, 0.25) is 5.91 Å². The predicted molar refractivity (Wildman–Crippen MR) is 86.8 cm³/mol. The van der Waals surface area contributed by atoms with Crippen LogP contribution >= 0.6 is 0 Å². The summed E-state index contributed by atoms with van der Waals surface area (Å²) in [6.07, 6.45) is 0.653. The van der Waals surface area contributed by atoms with Crippen LogP contribution in [0.3, 0.4) is 0 Å². The summed E-state index contributed by atoms with van der Waals surface area (Å²) < 4.78 is 13.7. The number of amides is 1. The van der Waals surface area contributed by atoms with Crippen molar-refractivity contribution in [2.24, 2.45) is 0 Å². The molecule has 5 heteroatoms. The molecular formula is C19H18FNO3. The zero-order valence-electron chi connectivity index (χ0n) is 13.1. The molecule has 1 N–H and O–H groups in total. The maximum Gasteiger partial charge on any atom is 0.326 e.